The normalized spacial score (nSPS) is 15.4. The van der Waals surface area contributed by atoms with Crippen molar-refractivity contribution in [2.75, 3.05) is 0 Å². The minimum atomic E-state index is -5.60. The van der Waals surface area contributed by atoms with Gasteiger partial charge in [0.1, 0.15) is 5.75 Å². The van der Waals surface area contributed by atoms with Gasteiger partial charge < -0.3 is 4.43 Å². The van der Waals surface area contributed by atoms with Gasteiger partial charge >= 0.3 is 5.51 Å². The summed E-state index contributed by atoms with van der Waals surface area (Å²) >= 11 is 0.965. The van der Waals surface area contributed by atoms with E-state index in [0.717, 1.165) is 17.4 Å². The van der Waals surface area contributed by atoms with Gasteiger partial charge in [0.25, 0.3) is 18.2 Å². The lowest BCUT2D eigenvalue weighted by atomic mass is 10.0. The smallest absolute Gasteiger partial charge is 0.501 e. The van der Waals surface area contributed by atoms with Crippen molar-refractivity contribution < 1.29 is 35.2 Å². The van der Waals surface area contributed by atoms with Gasteiger partial charge in [0.2, 0.25) is 0 Å². The molecule has 0 aliphatic heterocycles. The van der Waals surface area contributed by atoms with Gasteiger partial charge in [0.05, 0.1) is 4.91 Å². The van der Waals surface area contributed by atoms with Crippen LogP contribution in [0.25, 0.3) is 16.5 Å². The summed E-state index contributed by atoms with van der Waals surface area (Å²) in [6.45, 7) is 9.97. The predicted molar refractivity (Wildman–Crippen MR) is 119 cm³/mol. The summed E-state index contributed by atoms with van der Waals surface area (Å²) in [6.07, 6.45) is 0.0401. The number of rotatable bonds is 4. The first-order valence-electron chi connectivity index (χ1n) is 9.62. The number of sulfone groups is 1. The molecular formula is C21H22F4O4S2Si. The molecule has 0 atom stereocenters. The number of hydrogen-bond acceptors (Lipinski definition) is 5. The molecule has 0 radical (unpaired) electrons. The number of Topliss-reactive ketones (excluding diaryl/α,β-unsaturated/α-hetero) is 1. The highest BCUT2D eigenvalue weighted by atomic mass is 32.2. The summed E-state index contributed by atoms with van der Waals surface area (Å²) in [5.74, 6) is -1.20. The van der Waals surface area contributed by atoms with E-state index in [1.165, 1.54) is 24.3 Å². The molecule has 3 rings (SSSR count). The van der Waals surface area contributed by atoms with Crippen molar-refractivity contribution in [2.45, 2.75) is 50.8 Å². The van der Waals surface area contributed by atoms with E-state index in [-0.39, 0.29) is 21.2 Å². The summed E-state index contributed by atoms with van der Waals surface area (Å²) in [6, 6.07) is 5.69. The number of ketones is 1. The van der Waals surface area contributed by atoms with E-state index in [2.05, 4.69) is 0 Å². The van der Waals surface area contributed by atoms with Crippen LogP contribution in [-0.2, 0) is 9.84 Å². The Bertz CT molecular complexity index is 1220. The lowest BCUT2D eigenvalue weighted by Gasteiger charge is -2.36. The molecular weight excluding hydrogens is 484 g/mol. The standard InChI is InChI=1S/C21H22F4O4S2Si/c1-20(2,3)32(4,5)29-17-8-12(6-7-15(17)22)18-11-14-16(26)9-13(10-19(14)30-18)31(27,28)21(23,24)25/h6-8,10-11H,9H2,1-5H3. The molecule has 1 aromatic carbocycles. The highest BCUT2D eigenvalue weighted by Crippen LogP contribution is 2.43. The van der Waals surface area contributed by atoms with Crippen molar-refractivity contribution in [1.82, 2.24) is 0 Å². The molecule has 0 N–H and O–H groups in total. The van der Waals surface area contributed by atoms with Gasteiger partial charge in [-0.1, -0.05) is 26.8 Å². The minimum absolute atomic E-state index is 0.0580. The van der Waals surface area contributed by atoms with Crippen LogP contribution in [0.3, 0.4) is 0 Å². The van der Waals surface area contributed by atoms with Crippen LogP contribution in [0.1, 0.15) is 42.4 Å². The van der Waals surface area contributed by atoms with Gasteiger partial charge in [-0.25, -0.2) is 12.8 Å². The van der Waals surface area contributed by atoms with Gasteiger partial charge in [0.15, 0.2) is 11.6 Å². The second-order valence-corrected chi connectivity index (χ2v) is 16.9. The van der Waals surface area contributed by atoms with Gasteiger partial charge in [-0.05, 0) is 48.0 Å². The number of benzene rings is 1. The van der Waals surface area contributed by atoms with Crippen LogP contribution in [-0.4, -0.2) is 28.0 Å². The molecule has 1 aromatic heterocycles. The van der Waals surface area contributed by atoms with Crippen molar-refractivity contribution in [3.05, 3.63) is 45.4 Å². The van der Waals surface area contributed by atoms with Crippen LogP contribution in [0.4, 0.5) is 17.6 Å². The third kappa shape index (κ3) is 4.42. The Labute approximate surface area is 189 Å². The number of fused-ring (bicyclic) bond motifs is 1. The van der Waals surface area contributed by atoms with Crippen molar-refractivity contribution >= 4 is 41.4 Å². The quantitative estimate of drug-likeness (QED) is 0.338. The zero-order chi connectivity index (χ0) is 24.3. The number of alkyl halides is 3. The maximum absolute atomic E-state index is 14.5. The van der Waals surface area contributed by atoms with Gasteiger partial charge in [-0.2, -0.15) is 13.2 Å². The fourth-order valence-electron chi connectivity index (χ4n) is 2.81. The van der Waals surface area contributed by atoms with E-state index in [0.29, 0.717) is 10.4 Å². The van der Waals surface area contributed by atoms with E-state index in [1.807, 2.05) is 33.9 Å². The lowest BCUT2D eigenvalue weighted by molar-refractivity contribution is -0.0426. The summed E-state index contributed by atoms with van der Waals surface area (Å²) < 4.78 is 82.7. The Kier molecular flexibility index (Phi) is 6.01. The third-order valence-corrected chi connectivity index (χ3v) is 12.8. The SMILES string of the molecule is CC(C)(C)[Si](C)(C)Oc1cc(-c2cc3c(s2)C=C(S(=O)(=O)C(F)(F)F)CC3=O)ccc1F. The van der Waals surface area contributed by atoms with E-state index in [4.69, 9.17) is 4.43 Å². The van der Waals surface area contributed by atoms with Crippen LogP contribution >= 0.6 is 11.3 Å². The molecule has 32 heavy (non-hydrogen) atoms. The summed E-state index contributed by atoms with van der Waals surface area (Å²) in [5, 5.41) is -0.172. The molecule has 0 fully saturated rings. The molecule has 0 saturated carbocycles. The van der Waals surface area contributed by atoms with Crippen molar-refractivity contribution in [3.63, 3.8) is 0 Å². The molecule has 0 amide bonds. The van der Waals surface area contributed by atoms with Gasteiger partial charge in [-0.15, -0.1) is 11.3 Å². The van der Waals surface area contributed by atoms with Gasteiger partial charge in [-0.3, -0.25) is 4.79 Å². The highest BCUT2D eigenvalue weighted by molar-refractivity contribution is 7.96. The molecule has 1 heterocycles. The van der Waals surface area contributed by atoms with Crippen LogP contribution < -0.4 is 4.43 Å². The Balaban J connectivity index is 2.03. The second-order valence-electron chi connectivity index (χ2n) is 9.06. The number of allylic oxidation sites excluding steroid dienone is 1. The molecule has 174 valence electrons. The van der Waals surface area contributed by atoms with Crippen LogP contribution in [0.5, 0.6) is 5.75 Å². The fraction of sp³-hybridized carbons (Fsp3) is 0.381. The number of hydrogen-bond donors (Lipinski definition) is 0. The zero-order valence-corrected chi connectivity index (χ0v) is 20.7. The van der Waals surface area contributed by atoms with E-state index in [9.17, 15) is 30.8 Å². The zero-order valence-electron chi connectivity index (χ0n) is 18.1. The first-order chi connectivity index (χ1) is 14.4. The lowest BCUT2D eigenvalue weighted by Crippen LogP contribution is -2.44. The molecule has 0 spiro atoms. The molecule has 0 unspecified atom stereocenters. The molecule has 1 aliphatic rings. The first kappa shape index (κ1) is 24.7. The van der Waals surface area contributed by atoms with Crippen LogP contribution in [0.2, 0.25) is 18.1 Å². The summed E-state index contributed by atoms with van der Waals surface area (Å²) in [4.78, 5) is 12.0. The third-order valence-electron chi connectivity index (χ3n) is 5.72. The van der Waals surface area contributed by atoms with E-state index in [1.54, 1.807) is 0 Å². The van der Waals surface area contributed by atoms with Crippen LogP contribution in [0.15, 0.2) is 29.2 Å². The number of carbonyl (C=O) groups excluding carboxylic acids is 1. The number of thiophene rings is 1. The van der Waals surface area contributed by atoms with Crippen molar-refractivity contribution in [1.29, 1.82) is 0 Å². The maximum atomic E-state index is 14.5. The summed E-state index contributed by atoms with van der Waals surface area (Å²) in [7, 11) is -7.94. The van der Waals surface area contributed by atoms with Crippen molar-refractivity contribution in [3.8, 4) is 16.2 Å². The average Bonchev–Trinajstić information content (AvgIpc) is 3.06. The molecule has 2 aromatic rings. The van der Waals surface area contributed by atoms with Crippen molar-refractivity contribution in [2.24, 2.45) is 0 Å². The first-order valence-corrected chi connectivity index (χ1v) is 14.8. The Morgan fingerprint density at radius 1 is 1.09 bits per heavy atom. The summed E-state index contributed by atoms with van der Waals surface area (Å²) in [5.41, 5.74) is -4.83. The monoisotopic (exact) mass is 506 g/mol. The molecule has 0 bridgehead atoms. The van der Waals surface area contributed by atoms with E-state index >= 15 is 0 Å². The number of carbonyl (C=O) groups is 1. The Morgan fingerprint density at radius 2 is 1.72 bits per heavy atom. The van der Waals surface area contributed by atoms with E-state index < -0.39 is 46.6 Å². The van der Waals surface area contributed by atoms with Gasteiger partial charge in [0, 0.05) is 21.7 Å². The number of halogens is 4. The fourth-order valence-corrected chi connectivity index (χ4v) is 5.93. The second kappa shape index (κ2) is 7.81. The molecule has 4 nitrogen and oxygen atoms in total. The maximum Gasteiger partial charge on any atom is 0.501 e. The highest BCUT2D eigenvalue weighted by Gasteiger charge is 2.49. The molecule has 11 heteroatoms. The molecule has 1 aliphatic carbocycles. The minimum Gasteiger partial charge on any atom is -0.542 e. The molecule has 0 saturated heterocycles. The largest absolute Gasteiger partial charge is 0.542 e. The average molecular weight is 507 g/mol. The topological polar surface area (TPSA) is 60.4 Å². The predicted octanol–water partition coefficient (Wildman–Crippen LogP) is 6.80. The van der Waals surface area contributed by atoms with Crippen LogP contribution in [0, 0.1) is 5.82 Å². The Morgan fingerprint density at radius 3 is 2.28 bits per heavy atom. The Hall–Kier alpha value is -1.98.